The predicted molar refractivity (Wildman–Crippen MR) is 25.6 cm³/mol. The molecule has 0 saturated heterocycles. The minimum absolute atomic E-state index is 0. The summed E-state index contributed by atoms with van der Waals surface area (Å²) in [6.45, 7) is 19.0. The molecule has 4 nitrogen and oxygen atoms in total. The summed E-state index contributed by atoms with van der Waals surface area (Å²) in [5.74, 6) is 0. The van der Waals surface area contributed by atoms with E-state index < -0.39 is 0 Å². The molecule has 0 aliphatic carbocycles. The van der Waals surface area contributed by atoms with Crippen LogP contribution in [0.3, 0.4) is 0 Å². The second-order valence-electron chi connectivity index (χ2n) is 0. The molecule has 0 aromatic rings. The minimum atomic E-state index is 0. The van der Waals surface area contributed by atoms with Gasteiger partial charge in [0.15, 0.2) is 0 Å². The van der Waals surface area contributed by atoms with Crippen molar-refractivity contribution in [2.45, 2.75) is 0 Å². The first-order valence-corrected chi connectivity index (χ1v) is 0.894. The van der Waals surface area contributed by atoms with E-state index in [-0.39, 0.29) is 46.9 Å². The molecule has 0 radical (unpaired) electrons. The molecule has 0 aliphatic rings. The second kappa shape index (κ2) is 1850. The zero-order valence-electron chi connectivity index (χ0n) is 5.37. The van der Waals surface area contributed by atoms with Crippen molar-refractivity contribution in [3.8, 4) is 0 Å². The fourth-order valence-electron chi connectivity index (χ4n) is 0. The van der Waals surface area contributed by atoms with Crippen LogP contribution in [-0.2, 0) is 0 Å². The van der Waals surface area contributed by atoms with Gasteiger partial charge in [0.05, 0.1) is 0 Å². The Hall–Kier alpha value is -0.508. The Morgan fingerprint density at radius 1 is 0.500 bits per heavy atom. The molecule has 0 spiro atoms. The molecule has 0 rings (SSSR count). The monoisotopic (exact) mass is 154 g/mol. The first kappa shape index (κ1) is 56.1. The summed E-state index contributed by atoms with van der Waals surface area (Å²) in [6, 6.07) is 0. The number of nitrogens with zero attached hydrogens (tertiary/aromatic N) is 4. The molecule has 0 unspecified atom stereocenters. The molecule has 0 amide bonds. The van der Waals surface area contributed by atoms with E-state index in [1.807, 2.05) is 0 Å². The zero-order valence-corrected chi connectivity index (χ0v) is 8.52. The third-order valence-corrected chi connectivity index (χ3v) is 0. The van der Waals surface area contributed by atoms with E-state index >= 15 is 0 Å². The fraction of sp³-hybridized carbons (Fsp3) is 0. The van der Waals surface area contributed by atoms with Gasteiger partial charge in [-0.1, -0.05) is 0 Å². The summed E-state index contributed by atoms with van der Waals surface area (Å²) < 4.78 is 0. The maximum Gasteiger partial charge on any atom is 3.00 e. The van der Waals surface area contributed by atoms with Gasteiger partial charge in [0.25, 0.3) is 0 Å². The number of rotatable bonds is 0. The molecule has 0 aromatic carbocycles. The second-order valence-corrected chi connectivity index (χ2v) is 0. The van der Waals surface area contributed by atoms with Gasteiger partial charge in [-0.05, 0) is 0 Å². The average molecular weight is 154 g/mol. The van der Waals surface area contributed by atoms with Crippen LogP contribution < -0.4 is 29.6 Å². The standard InChI is InChI=1S/4CN.Al.Na/c4*1-2;;/q4*-1;+3;+1. The molecular formula is C4AlN4Na. The third-order valence-electron chi connectivity index (χ3n) is 0. The van der Waals surface area contributed by atoms with Crippen molar-refractivity contribution >= 4 is 17.4 Å². The van der Waals surface area contributed by atoms with Crippen LogP contribution in [-0.4, -0.2) is 17.4 Å². The Morgan fingerprint density at radius 2 is 0.500 bits per heavy atom. The summed E-state index contributed by atoms with van der Waals surface area (Å²) in [4.78, 5) is 0. The Morgan fingerprint density at radius 3 is 0.500 bits per heavy atom. The van der Waals surface area contributed by atoms with Crippen LogP contribution in [0, 0.1) is 47.3 Å². The van der Waals surface area contributed by atoms with Crippen LogP contribution in [0.2, 0.25) is 0 Å². The van der Waals surface area contributed by atoms with E-state index in [1.54, 1.807) is 0 Å². The Balaban J connectivity index is -0.00000000500. The van der Waals surface area contributed by atoms with Crippen LogP contribution in [0.25, 0.3) is 0 Å². The van der Waals surface area contributed by atoms with Crippen molar-refractivity contribution in [1.29, 1.82) is 21.0 Å². The van der Waals surface area contributed by atoms with E-state index in [0.29, 0.717) is 0 Å². The molecule has 0 aromatic heterocycles. The quantitative estimate of drug-likeness (QED) is 0.274. The molecule has 0 N–H and O–H groups in total. The SMILES string of the molecule is [Al+3].[C-]#N.[C-]#N.[C-]#N.[C-]#N.[Na+]. The Bertz CT molecular complexity index is 60.2. The van der Waals surface area contributed by atoms with Crippen LogP contribution in [0.5, 0.6) is 0 Å². The molecule has 10 heavy (non-hydrogen) atoms. The molecule has 0 saturated carbocycles. The van der Waals surface area contributed by atoms with Crippen molar-refractivity contribution in [3.63, 3.8) is 0 Å². The van der Waals surface area contributed by atoms with E-state index in [9.17, 15) is 0 Å². The first-order valence-electron chi connectivity index (χ1n) is 0.894. The molecule has 0 heterocycles. The fourth-order valence-corrected chi connectivity index (χ4v) is 0. The van der Waals surface area contributed by atoms with Crippen molar-refractivity contribution < 1.29 is 29.6 Å². The molecule has 0 bridgehead atoms. The Labute approximate surface area is 93.7 Å². The van der Waals surface area contributed by atoms with Gasteiger partial charge < -0.3 is 47.3 Å². The normalized spacial score (nSPS) is 0.800. The molecular weight excluding hydrogens is 154 g/mol. The third kappa shape index (κ3) is 1230. The van der Waals surface area contributed by atoms with Crippen molar-refractivity contribution in [1.82, 2.24) is 0 Å². The first-order chi connectivity index (χ1) is 4.00. The van der Waals surface area contributed by atoms with E-state index in [4.69, 9.17) is 47.3 Å². The van der Waals surface area contributed by atoms with Crippen LogP contribution in [0.1, 0.15) is 0 Å². The van der Waals surface area contributed by atoms with Crippen LogP contribution in [0.15, 0.2) is 0 Å². The van der Waals surface area contributed by atoms with Gasteiger partial charge in [0, 0.05) is 0 Å². The molecule has 0 fully saturated rings. The summed E-state index contributed by atoms with van der Waals surface area (Å²) in [5.41, 5.74) is 0. The maximum absolute atomic E-state index is 6.25. The average Bonchev–Trinajstić information content (AvgIpc) is 2.03. The molecule has 0 aliphatic heterocycles. The van der Waals surface area contributed by atoms with Gasteiger partial charge in [-0.15, -0.1) is 0 Å². The maximum atomic E-state index is 6.25. The predicted octanol–water partition coefficient (Wildman–Crippen LogP) is -2.99. The van der Waals surface area contributed by atoms with E-state index in [0.717, 1.165) is 0 Å². The summed E-state index contributed by atoms with van der Waals surface area (Å²) in [6.07, 6.45) is 0. The number of hydrogen-bond donors (Lipinski definition) is 0. The van der Waals surface area contributed by atoms with Gasteiger partial charge in [0.1, 0.15) is 0 Å². The van der Waals surface area contributed by atoms with Gasteiger partial charge in [-0.3, -0.25) is 0 Å². The molecule has 0 atom stereocenters. The van der Waals surface area contributed by atoms with Crippen molar-refractivity contribution in [2.24, 2.45) is 0 Å². The van der Waals surface area contributed by atoms with Gasteiger partial charge in [-0.2, -0.15) is 0 Å². The van der Waals surface area contributed by atoms with Crippen LogP contribution in [0.4, 0.5) is 0 Å². The van der Waals surface area contributed by atoms with Crippen LogP contribution >= 0.6 is 0 Å². The zero-order chi connectivity index (χ0) is 8.00. The molecule has 40 valence electrons. The van der Waals surface area contributed by atoms with Crippen molar-refractivity contribution in [2.75, 3.05) is 0 Å². The summed E-state index contributed by atoms with van der Waals surface area (Å²) in [7, 11) is 0. The van der Waals surface area contributed by atoms with Gasteiger partial charge >= 0.3 is 46.9 Å². The molecule has 6 heteroatoms. The summed E-state index contributed by atoms with van der Waals surface area (Å²) >= 11 is 0. The van der Waals surface area contributed by atoms with Crippen molar-refractivity contribution in [3.05, 3.63) is 26.3 Å². The smallest absolute Gasteiger partial charge is 0.512 e. The minimum Gasteiger partial charge on any atom is -0.512 e. The van der Waals surface area contributed by atoms with E-state index in [1.165, 1.54) is 0 Å². The van der Waals surface area contributed by atoms with Gasteiger partial charge in [0.2, 0.25) is 0 Å². The largest absolute Gasteiger partial charge is 3.00 e. The Kier molecular flexibility index (Phi) is 10400. The van der Waals surface area contributed by atoms with E-state index in [2.05, 4.69) is 0 Å². The van der Waals surface area contributed by atoms with Gasteiger partial charge in [-0.25, -0.2) is 0 Å². The number of hydrogen-bond acceptors (Lipinski definition) is 4. The summed E-state index contributed by atoms with van der Waals surface area (Å²) in [5, 5.41) is 25.0. The topological polar surface area (TPSA) is 95.2 Å².